The molecule has 1 aromatic heterocycles. The Labute approximate surface area is 127 Å². The van der Waals surface area contributed by atoms with Crippen LogP contribution in [0, 0.1) is 5.92 Å². The quantitative estimate of drug-likeness (QED) is 0.869. The van der Waals surface area contributed by atoms with Crippen molar-refractivity contribution >= 4 is 5.91 Å². The number of nitrogens with two attached hydrogens (primary N) is 1. The van der Waals surface area contributed by atoms with Crippen molar-refractivity contribution in [1.82, 2.24) is 14.7 Å². The molecular formula is C16H28N4O. The molecule has 5 heteroatoms. The maximum absolute atomic E-state index is 12.6. The van der Waals surface area contributed by atoms with Crippen LogP contribution in [-0.2, 0) is 17.8 Å². The predicted octanol–water partition coefficient (Wildman–Crippen LogP) is 1.81. The summed E-state index contributed by atoms with van der Waals surface area (Å²) < 4.78 is 1.94. The molecule has 0 radical (unpaired) electrons. The van der Waals surface area contributed by atoms with Crippen molar-refractivity contribution in [2.24, 2.45) is 11.7 Å². The third-order valence-corrected chi connectivity index (χ3v) is 4.17. The van der Waals surface area contributed by atoms with Gasteiger partial charge in [0.05, 0.1) is 12.1 Å². The first kappa shape index (κ1) is 16.0. The Bertz CT molecular complexity index is 435. The van der Waals surface area contributed by atoms with E-state index in [1.165, 1.54) is 12.8 Å². The van der Waals surface area contributed by atoms with Crippen molar-refractivity contribution in [1.29, 1.82) is 0 Å². The van der Waals surface area contributed by atoms with Crippen LogP contribution in [0.15, 0.2) is 12.4 Å². The highest BCUT2D eigenvalue weighted by Gasteiger charge is 2.24. The Kier molecular flexibility index (Phi) is 6.23. The van der Waals surface area contributed by atoms with E-state index in [0.29, 0.717) is 13.0 Å². The average molecular weight is 292 g/mol. The van der Waals surface area contributed by atoms with E-state index < -0.39 is 0 Å². The lowest BCUT2D eigenvalue weighted by atomic mass is 10.00. The summed E-state index contributed by atoms with van der Waals surface area (Å²) >= 11 is 0. The molecule has 1 amide bonds. The molecule has 0 spiro atoms. The highest BCUT2D eigenvalue weighted by molar-refractivity contribution is 5.79. The van der Waals surface area contributed by atoms with Crippen molar-refractivity contribution in [2.45, 2.75) is 52.0 Å². The Hall–Kier alpha value is -1.36. The van der Waals surface area contributed by atoms with Crippen LogP contribution in [0.4, 0.5) is 0 Å². The normalized spacial score (nSPS) is 17.5. The lowest BCUT2D eigenvalue weighted by Crippen LogP contribution is -2.40. The van der Waals surface area contributed by atoms with Crippen molar-refractivity contribution < 1.29 is 4.79 Å². The number of rotatable bonds is 6. The molecule has 118 valence electrons. The van der Waals surface area contributed by atoms with E-state index in [9.17, 15) is 4.79 Å². The van der Waals surface area contributed by atoms with Crippen LogP contribution in [-0.4, -0.2) is 40.2 Å². The largest absolute Gasteiger partial charge is 0.342 e. The molecule has 0 aromatic carbocycles. The molecule has 1 atom stereocenters. The molecule has 2 rings (SSSR count). The fourth-order valence-corrected chi connectivity index (χ4v) is 2.97. The molecule has 1 fully saturated rings. The van der Waals surface area contributed by atoms with E-state index in [-0.39, 0.29) is 11.8 Å². The average Bonchev–Trinajstić information content (AvgIpc) is 2.76. The molecule has 1 aromatic rings. The molecule has 21 heavy (non-hydrogen) atoms. The van der Waals surface area contributed by atoms with E-state index in [0.717, 1.165) is 44.5 Å². The van der Waals surface area contributed by atoms with Gasteiger partial charge in [-0.3, -0.25) is 9.48 Å². The second-order valence-electron chi connectivity index (χ2n) is 5.99. The highest BCUT2D eigenvalue weighted by atomic mass is 16.2. The van der Waals surface area contributed by atoms with E-state index in [2.05, 4.69) is 12.0 Å². The van der Waals surface area contributed by atoms with Gasteiger partial charge in [0.25, 0.3) is 0 Å². The van der Waals surface area contributed by atoms with Crippen molar-refractivity contribution in [2.75, 3.05) is 19.6 Å². The summed E-state index contributed by atoms with van der Waals surface area (Å²) in [5.74, 6) is 0.116. The van der Waals surface area contributed by atoms with Crippen LogP contribution in [0.2, 0.25) is 0 Å². The lowest BCUT2D eigenvalue weighted by molar-refractivity contribution is -0.135. The van der Waals surface area contributed by atoms with Crippen LogP contribution in [0.25, 0.3) is 0 Å². The smallest absolute Gasteiger partial charge is 0.227 e. The van der Waals surface area contributed by atoms with Crippen molar-refractivity contribution in [3.63, 3.8) is 0 Å². The minimum atomic E-state index is -0.109. The molecule has 5 nitrogen and oxygen atoms in total. The van der Waals surface area contributed by atoms with Crippen molar-refractivity contribution in [3.05, 3.63) is 18.0 Å². The van der Waals surface area contributed by atoms with Crippen LogP contribution in [0.1, 0.15) is 44.6 Å². The van der Waals surface area contributed by atoms with Crippen LogP contribution in [0.5, 0.6) is 0 Å². The fraction of sp³-hybridized carbons (Fsp3) is 0.750. The molecule has 0 saturated carbocycles. The standard InChI is InChI=1S/C16H28N4O/c1-2-7-20-13-14(12-18-20)10-15(11-17)16(21)19-8-5-3-4-6-9-19/h12-13,15H,2-11,17H2,1H3. The van der Waals surface area contributed by atoms with Gasteiger partial charge >= 0.3 is 0 Å². The number of carbonyl (C=O) groups excluding carboxylic acids is 1. The third-order valence-electron chi connectivity index (χ3n) is 4.17. The van der Waals surface area contributed by atoms with Crippen LogP contribution >= 0.6 is 0 Å². The van der Waals surface area contributed by atoms with E-state index in [1.54, 1.807) is 0 Å². The first-order valence-corrected chi connectivity index (χ1v) is 8.24. The molecule has 2 heterocycles. The zero-order valence-electron chi connectivity index (χ0n) is 13.1. The summed E-state index contributed by atoms with van der Waals surface area (Å²) in [4.78, 5) is 14.7. The fourth-order valence-electron chi connectivity index (χ4n) is 2.97. The van der Waals surface area contributed by atoms with Crippen LogP contribution < -0.4 is 5.73 Å². The summed E-state index contributed by atoms with van der Waals surface area (Å²) in [6.45, 7) is 5.25. The van der Waals surface area contributed by atoms with E-state index >= 15 is 0 Å². The topological polar surface area (TPSA) is 64.2 Å². The van der Waals surface area contributed by atoms with Crippen molar-refractivity contribution in [3.8, 4) is 0 Å². The van der Waals surface area contributed by atoms with Gasteiger partial charge in [0.2, 0.25) is 5.91 Å². The number of nitrogens with zero attached hydrogens (tertiary/aromatic N) is 3. The van der Waals surface area contributed by atoms with Gasteiger partial charge in [-0.05, 0) is 31.2 Å². The summed E-state index contributed by atoms with van der Waals surface area (Å²) in [6.07, 6.45) is 10.4. The Balaban J connectivity index is 1.95. The van der Waals surface area contributed by atoms with E-state index in [1.807, 2.05) is 22.0 Å². The number of hydrogen-bond donors (Lipinski definition) is 1. The maximum atomic E-state index is 12.6. The zero-order chi connectivity index (χ0) is 15.1. The van der Waals surface area contributed by atoms with Gasteiger partial charge in [0, 0.05) is 32.4 Å². The highest BCUT2D eigenvalue weighted by Crippen LogP contribution is 2.15. The van der Waals surface area contributed by atoms with Gasteiger partial charge in [-0.25, -0.2) is 0 Å². The molecular weight excluding hydrogens is 264 g/mol. The number of aromatic nitrogens is 2. The first-order valence-electron chi connectivity index (χ1n) is 8.24. The Morgan fingerprint density at radius 1 is 1.33 bits per heavy atom. The second kappa shape index (κ2) is 8.17. The Morgan fingerprint density at radius 2 is 2.05 bits per heavy atom. The number of hydrogen-bond acceptors (Lipinski definition) is 3. The number of carbonyl (C=O) groups is 1. The lowest BCUT2D eigenvalue weighted by Gasteiger charge is -2.25. The Morgan fingerprint density at radius 3 is 2.67 bits per heavy atom. The van der Waals surface area contributed by atoms with Gasteiger partial charge in [-0.15, -0.1) is 0 Å². The second-order valence-corrected chi connectivity index (χ2v) is 5.99. The molecule has 1 saturated heterocycles. The molecule has 1 unspecified atom stereocenters. The first-order chi connectivity index (χ1) is 10.2. The molecule has 0 aliphatic carbocycles. The summed E-state index contributed by atoms with van der Waals surface area (Å²) in [5, 5.41) is 4.33. The number of amides is 1. The molecule has 2 N–H and O–H groups in total. The van der Waals surface area contributed by atoms with Gasteiger partial charge in [-0.2, -0.15) is 5.10 Å². The predicted molar refractivity (Wildman–Crippen MR) is 83.8 cm³/mol. The third kappa shape index (κ3) is 4.56. The van der Waals surface area contributed by atoms with Gasteiger partial charge in [0.15, 0.2) is 0 Å². The van der Waals surface area contributed by atoms with Gasteiger partial charge in [-0.1, -0.05) is 19.8 Å². The summed E-state index contributed by atoms with van der Waals surface area (Å²) in [6, 6.07) is 0. The van der Waals surface area contributed by atoms with E-state index in [4.69, 9.17) is 5.73 Å². The molecule has 1 aliphatic heterocycles. The summed E-state index contributed by atoms with van der Waals surface area (Å²) in [7, 11) is 0. The zero-order valence-corrected chi connectivity index (χ0v) is 13.1. The SMILES string of the molecule is CCCn1cc(CC(CN)C(=O)N2CCCCCC2)cn1. The maximum Gasteiger partial charge on any atom is 0.227 e. The van der Waals surface area contributed by atoms with Crippen LogP contribution in [0.3, 0.4) is 0 Å². The monoisotopic (exact) mass is 292 g/mol. The number of aryl methyl sites for hydroxylation is 1. The van der Waals surface area contributed by atoms with Gasteiger partial charge in [0.1, 0.15) is 0 Å². The van der Waals surface area contributed by atoms with Gasteiger partial charge < -0.3 is 10.6 Å². The molecule has 1 aliphatic rings. The minimum absolute atomic E-state index is 0.109. The minimum Gasteiger partial charge on any atom is -0.342 e. The number of likely N-dealkylation sites (tertiary alicyclic amines) is 1. The summed E-state index contributed by atoms with van der Waals surface area (Å²) in [5.41, 5.74) is 6.97. The molecule has 0 bridgehead atoms.